The Morgan fingerprint density at radius 2 is 1.70 bits per heavy atom. The predicted molar refractivity (Wildman–Crippen MR) is 174 cm³/mol. The highest BCUT2D eigenvalue weighted by Gasteiger charge is 2.28. The number of sulfonamides is 1. The third kappa shape index (κ3) is 7.88. The molecule has 0 bridgehead atoms. The summed E-state index contributed by atoms with van der Waals surface area (Å²) in [5, 5.41) is 5.00. The van der Waals surface area contributed by atoms with Crippen molar-refractivity contribution in [2.24, 2.45) is 5.10 Å². The highest BCUT2D eigenvalue weighted by atomic mass is 79.9. The molecule has 0 radical (unpaired) electrons. The first kappa shape index (κ1) is 32.3. The molecule has 1 amide bonds. The van der Waals surface area contributed by atoms with Gasteiger partial charge < -0.3 is 9.47 Å². The fraction of sp³-hybridized carbons (Fsp3) is 0.161. The Morgan fingerprint density at radius 1 is 1.00 bits per heavy atom. The summed E-state index contributed by atoms with van der Waals surface area (Å²) in [6.07, 6.45) is 1.41. The van der Waals surface area contributed by atoms with Gasteiger partial charge in [0.25, 0.3) is 15.9 Å². The number of halogens is 3. The summed E-state index contributed by atoms with van der Waals surface area (Å²) in [6, 6.07) is 22.1. The summed E-state index contributed by atoms with van der Waals surface area (Å²) in [5.74, 6) is 0.246. The fourth-order valence-electron chi connectivity index (χ4n) is 4.07. The summed E-state index contributed by atoms with van der Waals surface area (Å²) < 4.78 is 40.4. The van der Waals surface area contributed by atoms with Crippen LogP contribution in [0.3, 0.4) is 0 Å². The van der Waals surface area contributed by atoms with Crippen LogP contribution >= 0.6 is 39.1 Å². The summed E-state index contributed by atoms with van der Waals surface area (Å²) in [4.78, 5) is 13.1. The van der Waals surface area contributed by atoms with Crippen molar-refractivity contribution in [1.82, 2.24) is 5.43 Å². The molecule has 0 aliphatic rings. The van der Waals surface area contributed by atoms with Crippen LogP contribution in [0.5, 0.6) is 11.5 Å². The Kier molecular flexibility index (Phi) is 10.7. The standard InChI is InChI=1S/C31H28BrCl2N3O5S/c1-20-11-13-24(14-12-20)43(39,40)37(28-10-6-9-26(33)21(28)2)18-30(38)36-35-17-22-15-25(32)31(29(16-22)41-3)42-19-23-7-4-5-8-27(23)34/h4-17H,18-19H2,1-3H3,(H,36,38)/b35-17-. The van der Waals surface area contributed by atoms with Gasteiger partial charge in [0.05, 0.1) is 28.4 Å². The molecule has 0 heterocycles. The number of rotatable bonds is 11. The first-order valence-electron chi connectivity index (χ1n) is 12.9. The molecule has 0 unspecified atom stereocenters. The Labute approximate surface area is 269 Å². The SMILES string of the molecule is COc1cc(/C=N\NC(=O)CN(c2cccc(Cl)c2C)S(=O)(=O)c2ccc(C)cc2)cc(Br)c1OCc1ccccc1Cl. The molecular formula is C31H28BrCl2N3O5S. The highest BCUT2D eigenvalue weighted by Crippen LogP contribution is 2.37. The van der Waals surface area contributed by atoms with E-state index < -0.39 is 22.5 Å². The smallest absolute Gasteiger partial charge is 0.264 e. The Hall–Kier alpha value is -3.57. The van der Waals surface area contributed by atoms with E-state index in [1.165, 1.54) is 25.5 Å². The van der Waals surface area contributed by atoms with Crippen molar-refractivity contribution >= 4 is 67.0 Å². The van der Waals surface area contributed by atoms with Crippen LogP contribution in [0.1, 0.15) is 22.3 Å². The molecule has 0 fully saturated rings. The van der Waals surface area contributed by atoms with Crippen molar-refractivity contribution in [3.63, 3.8) is 0 Å². The van der Waals surface area contributed by atoms with E-state index in [1.807, 2.05) is 25.1 Å². The number of methoxy groups -OCH3 is 1. The maximum atomic E-state index is 13.7. The lowest BCUT2D eigenvalue weighted by molar-refractivity contribution is -0.119. The van der Waals surface area contributed by atoms with E-state index in [-0.39, 0.29) is 17.2 Å². The summed E-state index contributed by atoms with van der Waals surface area (Å²) in [6.45, 7) is 3.25. The van der Waals surface area contributed by atoms with E-state index in [0.29, 0.717) is 37.1 Å². The van der Waals surface area contributed by atoms with Crippen molar-refractivity contribution in [1.29, 1.82) is 0 Å². The van der Waals surface area contributed by atoms with Gasteiger partial charge in [-0.1, -0.05) is 65.2 Å². The van der Waals surface area contributed by atoms with Gasteiger partial charge in [-0.3, -0.25) is 9.10 Å². The summed E-state index contributed by atoms with van der Waals surface area (Å²) in [7, 11) is -2.61. The predicted octanol–water partition coefficient (Wildman–Crippen LogP) is 7.31. The number of carbonyl (C=O) groups is 1. The van der Waals surface area contributed by atoms with Crippen molar-refractivity contribution in [3.05, 3.63) is 116 Å². The number of hydrazone groups is 1. The van der Waals surface area contributed by atoms with Gasteiger partial charge in [-0.05, 0) is 83.4 Å². The quantitative estimate of drug-likeness (QED) is 0.131. The van der Waals surface area contributed by atoms with Gasteiger partial charge in [0.15, 0.2) is 11.5 Å². The Bertz CT molecular complexity index is 1770. The van der Waals surface area contributed by atoms with Crippen LogP contribution < -0.4 is 19.2 Å². The van der Waals surface area contributed by atoms with E-state index in [4.69, 9.17) is 32.7 Å². The normalized spacial score (nSPS) is 11.4. The molecule has 0 saturated heterocycles. The number of hydrogen-bond acceptors (Lipinski definition) is 6. The number of benzene rings is 4. The molecular weight excluding hydrogens is 677 g/mol. The molecule has 0 atom stereocenters. The van der Waals surface area contributed by atoms with Gasteiger partial charge in [-0.25, -0.2) is 13.8 Å². The van der Waals surface area contributed by atoms with Gasteiger partial charge in [-0.2, -0.15) is 5.10 Å². The summed E-state index contributed by atoms with van der Waals surface area (Å²) in [5.41, 5.74) is 5.52. The van der Waals surface area contributed by atoms with Crippen molar-refractivity contribution in [2.45, 2.75) is 25.3 Å². The first-order valence-corrected chi connectivity index (χ1v) is 15.9. The minimum absolute atomic E-state index is 0.0440. The number of nitrogens with zero attached hydrogens (tertiary/aromatic N) is 2. The second kappa shape index (κ2) is 14.3. The van der Waals surface area contributed by atoms with Gasteiger partial charge in [-0.15, -0.1) is 0 Å². The van der Waals surface area contributed by atoms with E-state index in [9.17, 15) is 13.2 Å². The molecule has 43 heavy (non-hydrogen) atoms. The minimum atomic E-state index is -4.11. The molecule has 0 saturated carbocycles. The van der Waals surface area contributed by atoms with Crippen LogP contribution in [0.4, 0.5) is 5.69 Å². The van der Waals surface area contributed by atoms with E-state index >= 15 is 0 Å². The van der Waals surface area contributed by atoms with E-state index in [2.05, 4.69) is 26.5 Å². The second-order valence-electron chi connectivity index (χ2n) is 9.42. The van der Waals surface area contributed by atoms with Crippen LogP contribution in [0.15, 0.2) is 93.3 Å². The van der Waals surface area contributed by atoms with Gasteiger partial charge in [0, 0.05) is 15.6 Å². The Balaban J connectivity index is 1.52. The molecule has 224 valence electrons. The molecule has 4 rings (SSSR count). The number of nitrogens with one attached hydrogen (secondary N) is 1. The third-order valence-electron chi connectivity index (χ3n) is 6.39. The Morgan fingerprint density at radius 3 is 2.40 bits per heavy atom. The number of ether oxygens (including phenoxy) is 2. The number of hydrogen-bond donors (Lipinski definition) is 1. The number of carbonyl (C=O) groups excluding carboxylic acids is 1. The fourth-order valence-corrected chi connectivity index (χ4v) is 6.48. The molecule has 0 aliphatic carbocycles. The van der Waals surface area contributed by atoms with Crippen LogP contribution in [0.25, 0.3) is 0 Å². The molecule has 1 N–H and O–H groups in total. The monoisotopic (exact) mass is 703 g/mol. The third-order valence-corrected chi connectivity index (χ3v) is 9.53. The molecule has 0 spiro atoms. The number of amides is 1. The van der Waals surface area contributed by atoms with Crippen molar-refractivity contribution in [2.75, 3.05) is 18.0 Å². The van der Waals surface area contributed by atoms with Crippen LogP contribution in [-0.4, -0.2) is 34.2 Å². The van der Waals surface area contributed by atoms with Crippen LogP contribution in [0.2, 0.25) is 10.0 Å². The summed E-state index contributed by atoms with van der Waals surface area (Å²) >= 11 is 16.0. The highest BCUT2D eigenvalue weighted by molar-refractivity contribution is 9.10. The van der Waals surface area contributed by atoms with E-state index in [1.54, 1.807) is 55.5 Å². The minimum Gasteiger partial charge on any atom is -0.493 e. The molecule has 12 heteroatoms. The average molecular weight is 705 g/mol. The lowest BCUT2D eigenvalue weighted by Crippen LogP contribution is -2.40. The van der Waals surface area contributed by atoms with Gasteiger partial charge in [0.1, 0.15) is 13.2 Å². The zero-order chi connectivity index (χ0) is 31.1. The van der Waals surface area contributed by atoms with Gasteiger partial charge >= 0.3 is 0 Å². The largest absolute Gasteiger partial charge is 0.493 e. The maximum Gasteiger partial charge on any atom is 0.264 e. The number of anilines is 1. The van der Waals surface area contributed by atoms with E-state index in [0.717, 1.165) is 15.4 Å². The van der Waals surface area contributed by atoms with Gasteiger partial charge in [0.2, 0.25) is 0 Å². The molecule has 0 aliphatic heterocycles. The zero-order valence-corrected chi connectivity index (χ0v) is 27.4. The lowest BCUT2D eigenvalue weighted by atomic mass is 10.2. The first-order chi connectivity index (χ1) is 20.5. The topological polar surface area (TPSA) is 97.3 Å². The van der Waals surface area contributed by atoms with Crippen molar-refractivity contribution in [3.8, 4) is 11.5 Å². The zero-order valence-electron chi connectivity index (χ0n) is 23.5. The molecule has 8 nitrogen and oxygen atoms in total. The van der Waals surface area contributed by atoms with Crippen molar-refractivity contribution < 1.29 is 22.7 Å². The maximum absolute atomic E-state index is 13.7. The number of aryl methyl sites for hydroxylation is 1. The van der Waals surface area contributed by atoms with Crippen LogP contribution in [0, 0.1) is 13.8 Å². The molecule has 4 aromatic rings. The average Bonchev–Trinajstić information content (AvgIpc) is 2.97. The lowest BCUT2D eigenvalue weighted by Gasteiger charge is -2.25. The molecule has 0 aromatic heterocycles. The second-order valence-corrected chi connectivity index (χ2v) is 12.9. The van der Waals surface area contributed by atoms with Crippen LogP contribution in [-0.2, 0) is 21.4 Å². The molecule has 4 aromatic carbocycles.